The highest BCUT2D eigenvalue weighted by Crippen LogP contribution is 2.45. The molecular formula is C27H35N3. The average Bonchev–Trinajstić information content (AvgIpc) is 3.16. The van der Waals surface area contributed by atoms with Crippen molar-refractivity contribution < 1.29 is 0 Å². The number of fused-ring (bicyclic) bond motifs is 4. The Morgan fingerprint density at radius 1 is 1.00 bits per heavy atom. The summed E-state index contributed by atoms with van der Waals surface area (Å²) in [7, 11) is 4.55. The summed E-state index contributed by atoms with van der Waals surface area (Å²) in [6, 6.07) is 20.5. The van der Waals surface area contributed by atoms with Crippen LogP contribution in [0.2, 0.25) is 0 Å². The van der Waals surface area contributed by atoms with E-state index in [2.05, 4.69) is 83.9 Å². The summed E-state index contributed by atoms with van der Waals surface area (Å²) in [5.74, 6) is 0.783. The number of hydrogen-bond donors (Lipinski definition) is 2. The average molecular weight is 402 g/mol. The zero-order valence-electron chi connectivity index (χ0n) is 18.5. The molecule has 0 radical (unpaired) electrons. The summed E-state index contributed by atoms with van der Waals surface area (Å²) in [6.07, 6.45) is 8.66. The van der Waals surface area contributed by atoms with Gasteiger partial charge in [-0.3, -0.25) is 0 Å². The number of aryl methyl sites for hydroxylation is 1. The van der Waals surface area contributed by atoms with Crippen LogP contribution < -0.4 is 5.32 Å². The third-order valence-electron chi connectivity index (χ3n) is 7.79. The summed E-state index contributed by atoms with van der Waals surface area (Å²) in [6.45, 7) is 1.10. The summed E-state index contributed by atoms with van der Waals surface area (Å²) in [5, 5.41) is 5.39. The molecule has 30 heavy (non-hydrogen) atoms. The SMILES string of the molecule is CN(C)C(CCc1ccccc1)C1CCC2(CC1)NCCc1c2[nH]c2ccccc12. The predicted octanol–water partition coefficient (Wildman–Crippen LogP) is 5.26. The van der Waals surface area contributed by atoms with Gasteiger partial charge >= 0.3 is 0 Å². The molecule has 3 aromatic rings. The maximum Gasteiger partial charge on any atom is 0.0590 e. The van der Waals surface area contributed by atoms with E-state index in [4.69, 9.17) is 0 Å². The lowest BCUT2D eigenvalue weighted by Crippen LogP contribution is -2.51. The van der Waals surface area contributed by atoms with Crippen molar-refractivity contribution in [2.24, 2.45) is 5.92 Å². The lowest BCUT2D eigenvalue weighted by Gasteiger charge is -2.46. The molecule has 2 aromatic carbocycles. The molecule has 3 heteroatoms. The summed E-state index contributed by atoms with van der Waals surface area (Å²) >= 11 is 0. The molecule has 1 aromatic heterocycles. The number of benzene rings is 2. The number of nitrogens with zero attached hydrogens (tertiary/aromatic N) is 1. The molecule has 0 amide bonds. The molecule has 2 heterocycles. The molecular weight excluding hydrogens is 366 g/mol. The van der Waals surface area contributed by atoms with E-state index in [0.717, 1.165) is 18.9 Å². The van der Waals surface area contributed by atoms with Gasteiger partial charge in [-0.1, -0.05) is 48.5 Å². The molecule has 1 saturated carbocycles. The van der Waals surface area contributed by atoms with Gasteiger partial charge in [-0.2, -0.15) is 0 Å². The first-order valence-corrected chi connectivity index (χ1v) is 11.7. The Hall–Kier alpha value is -2.10. The minimum Gasteiger partial charge on any atom is -0.357 e. The Morgan fingerprint density at radius 3 is 2.50 bits per heavy atom. The predicted molar refractivity (Wildman–Crippen MR) is 126 cm³/mol. The first-order chi connectivity index (χ1) is 14.7. The molecule has 2 aliphatic rings. The van der Waals surface area contributed by atoms with Crippen molar-refractivity contribution in [1.29, 1.82) is 0 Å². The standard InChI is InChI=1S/C27H35N3/c1-30(2)25(13-12-20-8-4-3-5-9-20)21-14-17-27(18-15-21)26-23(16-19-28-27)22-10-6-7-11-24(22)29-26/h3-11,21,25,28-29H,12-19H2,1-2H3. The highest BCUT2D eigenvalue weighted by Gasteiger charge is 2.43. The van der Waals surface area contributed by atoms with Gasteiger partial charge in [-0.05, 0) is 82.2 Å². The molecule has 3 nitrogen and oxygen atoms in total. The van der Waals surface area contributed by atoms with Crippen LogP contribution >= 0.6 is 0 Å². The lowest BCUT2D eigenvalue weighted by atomic mass is 9.69. The van der Waals surface area contributed by atoms with Crippen LogP contribution in [0.25, 0.3) is 10.9 Å². The number of hydrogen-bond acceptors (Lipinski definition) is 2. The van der Waals surface area contributed by atoms with Gasteiger partial charge in [-0.15, -0.1) is 0 Å². The molecule has 1 fully saturated rings. The zero-order valence-corrected chi connectivity index (χ0v) is 18.5. The van der Waals surface area contributed by atoms with Crippen LogP contribution in [-0.4, -0.2) is 36.6 Å². The second kappa shape index (κ2) is 8.20. The van der Waals surface area contributed by atoms with E-state index >= 15 is 0 Å². The van der Waals surface area contributed by atoms with Crippen molar-refractivity contribution >= 4 is 10.9 Å². The third kappa shape index (κ3) is 3.59. The van der Waals surface area contributed by atoms with Crippen molar-refractivity contribution in [3.05, 3.63) is 71.4 Å². The second-order valence-corrected chi connectivity index (χ2v) is 9.68. The van der Waals surface area contributed by atoms with Crippen LogP contribution in [-0.2, 0) is 18.4 Å². The summed E-state index contributed by atoms with van der Waals surface area (Å²) in [4.78, 5) is 6.30. The van der Waals surface area contributed by atoms with E-state index in [0.29, 0.717) is 6.04 Å². The Balaban J connectivity index is 1.32. The minimum atomic E-state index is 0.152. The van der Waals surface area contributed by atoms with Crippen LogP contribution in [0.1, 0.15) is 48.9 Å². The van der Waals surface area contributed by atoms with Crippen LogP contribution in [0.5, 0.6) is 0 Å². The number of aromatic nitrogens is 1. The van der Waals surface area contributed by atoms with E-state index in [-0.39, 0.29) is 5.54 Å². The van der Waals surface area contributed by atoms with E-state index in [9.17, 15) is 0 Å². The monoisotopic (exact) mass is 401 g/mol. The van der Waals surface area contributed by atoms with Gasteiger partial charge in [0, 0.05) is 29.2 Å². The van der Waals surface area contributed by atoms with Crippen LogP contribution in [0.3, 0.4) is 0 Å². The highest BCUT2D eigenvalue weighted by atomic mass is 15.1. The van der Waals surface area contributed by atoms with E-state index < -0.39 is 0 Å². The second-order valence-electron chi connectivity index (χ2n) is 9.68. The first kappa shape index (κ1) is 19.8. The van der Waals surface area contributed by atoms with Gasteiger partial charge in [0.15, 0.2) is 0 Å². The Bertz CT molecular complexity index is 980. The van der Waals surface area contributed by atoms with Crippen LogP contribution in [0, 0.1) is 5.92 Å². The highest BCUT2D eigenvalue weighted by molar-refractivity contribution is 5.85. The molecule has 1 unspecified atom stereocenters. The molecule has 1 aliphatic heterocycles. The fourth-order valence-electron chi connectivity index (χ4n) is 6.20. The van der Waals surface area contributed by atoms with Crippen molar-refractivity contribution in [2.45, 2.75) is 56.5 Å². The Labute approximate surface area is 180 Å². The molecule has 1 atom stereocenters. The van der Waals surface area contributed by atoms with Gasteiger partial charge in [0.05, 0.1) is 5.54 Å². The van der Waals surface area contributed by atoms with Gasteiger partial charge < -0.3 is 15.2 Å². The fourth-order valence-corrected chi connectivity index (χ4v) is 6.20. The maximum absolute atomic E-state index is 3.95. The van der Waals surface area contributed by atoms with E-state index in [1.807, 2.05) is 0 Å². The van der Waals surface area contributed by atoms with Crippen LogP contribution in [0.4, 0.5) is 0 Å². The maximum atomic E-state index is 3.95. The summed E-state index contributed by atoms with van der Waals surface area (Å²) in [5.41, 5.74) is 5.98. The van der Waals surface area contributed by atoms with Crippen molar-refractivity contribution in [3.8, 4) is 0 Å². The third-order valence-corrected chi connectivity index (χ3v) is 7.79. The number of nitrogens with one attached hydrogen (secondary N) is 2. The molecule has 0 saturated heterocycles. The molecule has 1 aliphatic carbocycles. The smallest absolute Gasteiger partial charge is 0.0590 e. The van der Waals surface area contributed by atoms with Gasteiger partial charge in [0.1, 0.15) is 0 Å². The summed E-state index contributed by atoms with van der Waals surface area (Å²) < 4.78 is 0. The topological polar surface area (TPSA) is 31.1 Å². The van der Waals surface area contributed by atoms with Crippen molar-refractivity contribution in [2.75, 3.05) is 20.6 Å². The number of aromatic amines is 1. The quantitative estimate of drug-likeness (QED) is 0.611. The fraction of sp³-hybridized carbons (Fsp3) is 0.481. The normalized spacial score (nSPS) is 25.0. The molecule has 1 spiro atoms. The number of rotatable bonds is 5. The van der Waals surface area contributed by atoms with Gasteiger partial charge in [0.25, 0.3) is 0 Å². The molecule has 2 N–H and O–H groups in total. The van der Waals surface area contributed by atoms with E-state index in [1.54, 1.807) is 5.56 Å². The van der Waals surface area contributed by atoms with Crippen molar-refractivity contribution in [1.82, 2.24) is 15.2 Å². The number of para-hydroxylation sites is 1. The zero-order chi connectivity index (χ0) is 20.6. The number of H-pyrrole nitrogens is 1. The van der Waals surface area contributed by atoms with Gasteiger partial charge in [-0.25, -0.2) is 0 Å². The Morgan fingerprint density at radius 2 is 1.73 bits per heavy atom. The van der Waals surface area contributed by atoms with E-state index in [1.165, 1.54) is 60.7 Å². The van der Waals surface area contributed by atoms with Crippen molar-refractivity contribution in [3.63, 3.8) is 0 Å². The largest absolute Gasteiger partial charge is 0.357 e. The molecule has 0 bridgehead atoms. The minimum absolute atomic E-state index is 0.152. The van der Waals surface area contributed by atoms with Crippen LogP contribution in [0.15, 0.2) is 54.6 Å². The van der Waals surface area contributed by atoms with Gasteiger partial charge in [0.2, 0.25) is 0 Å². The molecule has 158 valence electrons. The Kier molecular flexibility index (Phi) is 5.43. The molecule has 5 rings (SSSR count). The lowest BCUT2D eigenvalue weighted by molar-refractivity contribution is 0.107. The first-order valence-electron chi connectivity index (χ1n) is 11.7.